The van der Waals surface area contributed by atoms with E-state index in [1.54, 1.807) is 6.07 Å². The lowest BCUT2D eigenvalue weighted by Gasteiger charge is -2.30. The summed E-state index contributed by atoms with van der Waals surface area (Å²) in [6, 6.07) is 4.22. The molecule has 1 heterocycles. The first-order valence-corrected chi connectivity index (χ1v) is 9.72. The molecule has 0 radical (unpaired) electrons. The van der Waals surface area contributed by atoms with Crippen LogP contribution in [0.1, 0.15) is 12.8 Å². The van der Waals surface area contributed by atoms with E-state index in [4.69, 9.17) is 4.74 Å². The zero-order chi connectivity index (χ0) is 17.0. The van der Waals surface area contributed by atoms with Crippen molar-refractivity contribution in [1.82, 2.24) is 9.62 Å². The predicted octanol–water partition coefficient (Wildman–Crippen LogP) is 1.51. The Bertz CT molecular complexity index is 675. The number of hydrogen-bond donors (Lipinski definition) is 1. The first-order valence-electron chi connectivity index (χ1n) is 7.08. The van der Waals surface area contributed by atoms with E-state index >= 15 is 0 Å². The molecule has 0 aromatic heterocycles. The van der Waals surface area contributed by atoms with Gasteiger partial charge in [0.15, 0.2) is 18.2 Å². The fourth-order valence-corrected chi connectivity index (χ4v) is 3.54. The minimum atomic E-state index is -3.18. The molecule has 1 saturated heterocycles. The van der Waals surface area contributed by atoms with Gasteiger partial charge in [0.1, 0.15) is 0 Å². The number of nitrogens with one attached hydrogen (secondary N) is 1. The molecule has 1 aromatic carbocycles. The van der Waals surface area contributed by atoms with E-state index in [0.717, 1.165) is 0 Å². The molecule has 128 valence electrons. The molecule has 1 aliphatic heterocycles. The van der Waals surface area contributed by atoms with Gasteiger partial charge in [-0.1, -0.05) is 15.9 Å². The van der Waals surface area contributed by atoms with E-state index in [-0.39, 0.29) is 24.3 Å². The van der Waals surface area contributed by atoms with Crippen molar-refractivity contribution in [2.75, 3.05) is 26.0 Å². The standard InChI is InChI=1S/C14H18BrFN2O4S/c1-23(20,21)18-6-4-11(5-7-18)17-14(19)9-22-13-3-2-10(15)8-12(13)16/h2-3,8,11H,4-7,9H2,1H3,(H,17,19). The van der Waals surface area contributed by atoms with Gasteiger partial charge in [0, 0.05) is 23.6 Å². The zero-order valence-corrected chi connectivity index (χ0v) is 15.0. The van der Waals surface area contributed by atoms with Crippen LogP contribution in [-0.4, -0.2) is 50.6 Å². The van der Waals surface area contributed by atoms with Gasteiger partial charge < -0.3 is 10.1 Å². The number of rotatable bonds is 5. The molecule has 9 heteroatoms. The number of carbonyl (C=O) groups is 1. The second-order valence-electron chi connectivity index (χ2n) is 5.37. The average Bonchev–Trinajstić information content (AvgIpc) is 2.46. The largest absolute Gasteiger partial charge is 0.481 e. The second-order valence-corrected chi connectivity index (χ2v) is 8.27. The van der Waals surface area contributed by atoms with Gasteiger partial charge in [-0.25, -0.2) is 17.1 Å². The van der Waals surface area contributed by atoms with Gasteiger partial charge >= 0.3 is 0 Å². The molecule has 0 spiro atoms. The van der Waals surface area contributed by atoms with Crippen LogP contribution >= 0.6 is 15.9 Å². The quantitative estimate of drug-likeness (QED) is 0.800. The molecular formula is C14H18BrFN2O4S. The Morgan fingerprint density at radius 2 is 2.09 bits per heavy atom. The summed E-state index contributed by atoms with van der Waals surface area (Å²) >= 11 is 3.14. The maximum Gasteiger partial charge on any atom is 0.258 e. The lowest BCUT2D eigenvalue weighted by Crippen LogP contribution is -2.47. The number of halogens is 2. The molecule has 0 bridgehead atoms. The Morgan fingerprint density at radius 3 is 2.65 bits per heavy atom. The third-order valence-corrected chi connectivity index (χ3v) is 5.34. The van der Waals surface area contributed by atoms with E-state index in [0.29, 0.717) is 30.4 Å². The average molecular weight is 409 g/mol. The molecule has 1 fully saturated rings. The van der Waals surface area contributed by atoms with E-state index in [2.05, 4.69) is 21.2 Å². The van der Waals surface area contributed by atoms with Crippen molar-refractivity contribution in [3.63, 3.8) is 0 Å². The summed E-state index contributed by atoms with van der Waals surface area (Å²) in [5.74, 6) is -0.894. The van der Waals surface area contributed by atoms with Crippen molar-refractivity contribution in [3.8, 4) is 5.75 Å². The van der Waals surface area contributed by atoms with Gasteiger partial charge in [-0.05, 0) is 31.0 Å². The summed E-state index contributed by atoms with van der Waals surface area (Å²) in [6.07, 6.45) is 2.27. The molecule has 1 aromatic rings. The Morgan fingerprint density at radius 1 is 1.43 bits per heavy atom. The highest BCUT2D eigenvalue weighted by atomic mass is 79.9. The molecule has 0 saturated carbocycles. The van der Waals surface area contributed by atoms with Crippen molar-refractivity contribution < 1.29 is 22.3 Å². The third kappa shape index (κ3) is 5.43. The molecule has 0 aliphatic carbocycles. The van der Waals surface area contributed by atoms with Gasteiger partial charge in [0.2, 0.25) is 10.0 Å². The number of ether oxygens (including phenoxy) is 1. The second kappa shape index (κ2) is 7.59. The van der Waals surface area contributed by atoms with Crippen LogP contribution in [0.5, 0.6) is 5.75 Å². The first kappa shape index (κ1) is 18.2. The molecule has 2 rings (SSSR count). The van der Waals surface area contributed by atoms with Crippen LogP contribution in [0.3, 0.4) is 0 Å². The monoisotopic (exact) mass is 408 g/mol. The van der Waals surface area contributed by atoms with Crippen molar-refractivity contribution in [1.29, 1.82) is 0 Å². The topological polar surface area (TPSA) is 75.7 Å². The Labute approximate surface area is 143 Å². The minimum Gasteiger partial charge on any atom is -0.481 e. The summed E-state index contributed by atoms with van der Waals surface area (Å²) in [6.45, 7) is 0.475. The number of amides is 1. The lowest BCUT2D eigenvalue weighted by molar-refractivity contribution is -0.124. The van der Waals surface area contributed by atoms with Gasteiger partial charge in [0.05, 0.1) is 6.26 Å². The molecule has 1 amide bonds. The van der Waals surface area contributed by atoms with Crippen LogP contribution in [0.4, 0.5) is 4.39 Å². The van der Waals surface area contributed by atoms with Crippen LogP contribution in [-0.2, 0) is 14.8 Å². The summed E-state index contributed by atoms with van der Waals surface area (Å²) in [5.41, 5.74) is 0. The lowest BCUT2D eigenvalue weighted by atomic mass is 10.1. The fourth-order valence-electron chi connectivity index (χ4n) is 2.34. The highest BCUT2D eigenvalue weighted by Gasteiger charge is 2.25. The summed E-state index contributed by atoms with van der Waals surface area (Å²) in [7, 11) is -3.18. The SMILES string of the molecule is CS(=O)(=O)N1CCC(NC(=O)COc2ccc(Br)cc2F)CC1. The maximum absolute atomic E-state index is 13.6. The van der Waals surface area contributed by atoms with Gasteiger partial charge in [-0.3, -0.25) is 4.79 Å². The van der Waals surface area contributed by atoms with Gasteiger partial charge in [-0.15, -0.1) is 0 Å². The normalized spacial score (nSPS) is 17.0. The Balaban J connectivity index is 1.78. The number of sulfonamides is 1. The molecule has 1 N–H and O–H groups in total. The van der Waals surface area contributed by atoms with Crippen LogP contribution in [0.2, 0.25) is 0 Å². The van der Waals surface area contributed by atoms with E-state index in [1.165, 1.54) is 22.7 Å². The Kier molecular flexibility index (Phi) is 5.99. The smallest absolute Gasteiger partial charge is 0.258 e. The minimum absolute atomic E-state index is 0.00949. The molecule has 6 nitrogen and oxygen atoms in total. The van der Waals surface area contributed by atoms with Crippen molar-refractivity contribution in [2.45, 2.75) is 18.9 Å². The summed E-state index contributed by atoms with van der Waals surface area (Å²) < 4.78 is 43.5. The third-order valence-electron chi connectivity index (χ3n) is 3.54. The highest BCUT2D eigenvalue weighted by molar-refractivity contribution is 9.10. The molecule has 23 heavy (non-hydrogen) atoms. The first-order chi connectivity index (χ1) is 10.8. The van der Waals surface area contributed by atoms with Gasteiger partial charge in [0.25, 0.3) is 5.91 Å². The molecule has 0 atom stereocenters. The zero-order valence-electron chi connectivity index (χ0n) is 12.6. The number of carbonyl (C=O) groups excluding carboxylic acids is 1. The van der Waals surface area contributed by atoms with Crippen LogP contribution in [0, 0.1) is 5.82 Å². The van der Waals surface area contributed by atoms with E-state index < -0.39 is 15.8 Å². The predicted molar refractivity (Wildman–Crippen MR) is 87.2 cm³/mol. The number of nitrogens with zero attached hydrogens (tertiary/aromatic N) is 1. The van der Waals surface area contributed by atoms with E-state index in [1.807, 2.05) is 0 Å². The molecular weight excluding hydrogens is 391 g/mol. The fraction of sp³-hybridized carbons (Fsp3) is 0.500. The van der Waals surface area contributed by atoms with Crippen LogP contribution in [0.15, 0.2) is 22.7 Å². The summed E-state index contributed by atoms with van der Waals surface area (Å²) in [5, 5.41) is 2.77. The van der Waals surface area contributed by atoms with Crippen molar-refractivity contribution in [3.05, 3.63) is 28.5 Å². The van der Waals surface area contributed by atoms with Crippen LogP contribution in [0.25, 0.3) is 0 Å². The number of benzene rings is 1. The molecule has 0 unspecified atom stereocenters. The highest BCUT2D eigenvalue weighted by Crippen LogP contribution is 2.21. The van der Waals surface area contributed by atoms with Gasteiger partial charge in [-0.2, -0.15) is 0 Å². The van der Waals surface area contributed by atoms with E-state index in [9.17, 15) is 17.6 Å². The number of piperidine rings is 1. The number of hydrogen-bond acceptors (Lipinski definition) is 4. The Hall–Kier alpha value is -1.19. The van der Waals surface area contributed by atoms with Crippen LogP contribution < -0.4 is 10.1 Å². The maximum atomic E-state index is 13.6. The molecule has 1 aliphatic rings. The van der Waals surface area contributed by atoms with Crippen molar-refractivity contribution >= 4 is 31.9 Å². The summed E-state index contributed by atoms with van der Waals surface area (Å²) in [4.78, 5) is 11.8. The van der Waals surface area contributed by atoms with Crippen molar-refractivity contribution in [2.24, 2.45) is 0 Å².